The zero-order valence-corrected chi connectivity index (χ0v) is 13.9. The third kappa shape index (κ3) is 4.45. The molecule has 0 spiro atoms. The maximum atomic E-state index is 12.3. The number of nitrogens with one attached hydrogen (secondary N) is 1. The van der Waals surface area contributed by atoms with Gasteiger partial charge in [0.2, 0.25) is 0 Å². The number of rotatable bonds is 8. The molecule has 5 heteroatoms. The molecule has 2 rings (SSSR count). The van der Waals surface area contributed by atoms with Gasteiger partial charge in [0.05, 0.1) is 18.1 Å². The SMILES string of the molecule is CCC(C)S(=O)(=O)Cc1cc(CNC2CC2)ccc1OC. The third-order valence-electron chi connectivity index (χ3n) is 4.06. The summed E-state index contributed by atoms with van der Waals surface area (Å²) in [6.07, 6.45) is 3.12. The molecule has 1 N–H and O–H groups in total. The molecule has 1 unspecified atom stereocenters. The minimum absolute atomic E-state index is 0.0441. The summed E-state index contributed by atoms with van der Waals surface area (Å²) in [5, 5.41) is 3.12. The first-order chi connectivity index (χ1) is 9.96. The smallest absolute Gasteiger partial charge is 0.157 e. The van der Waals surface area contributed by atoms with E-state index in [1.807, 2.05) is 25.1 Å². The minimum Gasteiger partial charge on any atom is -0.496 e. The van der Waals surface area contributed by atoms with Crippen LogP contribution in [0.15, 0.2) is 18.2 Å². The van der Waals surface area contributed by atoms with E-state index in [-0.39, 0.29) is 11.0 Å². The van der Waals surface area contributed by atoms with Crippen LogP contribution in [0, 0.1) is 0 Å². The molecule has 21 heavy (non-hydrogen) atoms. The van der Waals surface area contributed by atoms with Crippen LogP contribution in [0.25, 0.3) is 0 Å². The molecule has 0 amide bonds. The van der Waals surface area contributed by atoms with Gasteiger partial charge in [0, 0.05) is 18.2 Å². The summed E-state index contributed by atoms with van der Waals surface area (Å²) in [6.45, 7) is 4.45. The lowest BCUT2D eigenvalue weighted by atomic mass is 10.1. The zero-order chi connectivity index (χ0) is 15.5. The Morgan fingerprint density at radius 1 is 1.38 bits per heavy atom. The van der Waals surface area contributed by atoms with Crippen molar-refractivity contribution in [1.82, 2.24) is 5.32 Å². The van der Waals surface area contributed by atoms with E-state index >= 15 is 0 Å². The molecule has 0 saturated heterocycles. The highest BCUT2D eigenvalue weighted by Gasteiger charge is 2.23. The molecule has 118 valence electrons. The van der Waals surface area contributed by atoms with Gasteiger partial charge in [0.25, 0.3) is 0 Å². The minimum atomic E-state index is -3.13. The van der Waals surface area contributed by atoms with Crippen molar-refractivity contribution >= 4 is 9.84 Å². The Labute approximate surface area is 127 Å². The highest BCUT2D eigenvalue weighted by atomic mass is 32.2. The van der Waals surface area contributed by atoms with Crippen molar-refractivity contribution in [3.63, 3.8) is 0 Å². The third-order valence-corrected chi connectivity index (χ3v) is 6.33. The van der Waals surface area contributed by atoms with Crippen LogP contribution in [0.2, 0.25) is 0 Å². The standard InChI is InChI=1S/C16H25NO3S/c1-4-12(2)21(18,19)11-14-9-13(5-8-16(14)20-3)10-17-15-6-7-15/h5,8-9,12,15,17H,4,6-7,10-11H2,1-3H3. The molecule has 0 bridgehead atoms. The van der Waals surface area contributed by atoms with Crippen molar-refractivity contribution in [3.05, 3.63) is 29.3 Å². The number of hydrogen-bond acceptors (Lipinski definition) is 4. The molecule has 1 aromatic rings. The van der Waals surface area contributed by atoms with Gasteiger partial charge in [-0.3, -0.25) is 0 Å². The van der Waals surface area contributed by atoms with Gasteiger partial charge in [-0.2, -0.15) is 0 Å². The largest absolute Gasteiger partial charge is 0.496 e. The van der Waals surface area contributed by atoms with Crippen LogP contribution in [-0.4, -0.2) is 26.8 Å². The van der Waals surface area contributed by atoms with Crippen molar-refractivity contribution in [3.8, 4) is 5.75 Å². The summed E-state index contributed by atoms with van der Waals surface area (Å²) in [7, 11) is -1.55. The number of methoxy groups -OCH3 is 1. The molecule has 1 fully saturated rings. The molecule has 1 aliphatic rings. The molecule has 4 nitrogen and oxygen atoms in total. The molecule has 0 aromatic heterocycles. The lowest BCUT2D eigenvalue weighted by Crippen LogP contribution is -2.19. The van der Waals surface area contributed by atoms with Crippen molar-refractivity contribution in [2.45, 2.75) is 56.7 Å². The first-order valence-electron chi connectivity index (χ1n) is 7.57. The molecule has 0 heterocycles. The summed E-state index contributed by atoms with van der Waals surface area (Å²) >= 11 is 0. The van der Waals surface area contributed by atoms with E-state index in [1.165, 1.54) is 12.8 Å². The van der Waals surface area contributed by atoms with Crippen LogP contribution in [-0.2, 0) is 22.1 Å². The van der Waals surface area contributed by atoms with E-state index in [0.717, 1.165) is 17.7 Å². The fourth-order valence-corrected chi connectivity index (χ4v) is 3.67. The van der Waals surface area contributed by atoms with Crippen LogP contribution in [0.3, 0.4) is 0 Å². The van der Waals surface area contributed by atoms with E-state index in [9.17, 15) is 8.42 Å². The second kappa shape index (κ2) is 6.79. The Kier molecular flexibility index (Phi) is 5.27. The van der Waals surface area contributed by atoms with Crippen LogP contribution in [0.5, 0.6) is 5.75 Å². The average Bonchev–Trinajstić information content (AvgIpc) is 3.28. The van der Waals surface area contributed by atoms with Gasteiger partial charge < -0.3 is 10.1 Å². The molecule has 1 aliphatic carbocycles. The average molecular weight is 311 g/mol. The maximum Gasteiger partial charge on any atom is 0.157 e. The van der Waals surface area contributed by atoms with Gasteiger partial charge in [0.1, 0.15) is 5.75 Å². The monoisotopic (exact) mass is 311 g/mol. The first kappa shape index (κ1) is 16.3. The topological polar surface area (TPSA) is 55.4 Å². The van der Waals surface area contributed by atoms with Gasteiger partial charge in [-0.15, -0.1) is 0 Å². The van der Waals surface area contributed by atoms with Crippen molar-refractivity contribution < 1.29 is 13.2 Å². The summed E-state index contributed by atoms with van der Waals surface area (Å²) in [6, 6.07) is 6.45. The van der Waals surface area contributed by atoms with Crippen molar-refractivity contribution in [2.75, 3.05) is 7.11 Å². The quantitative estimate of drug-likeness (QED) is 0.802. The maximum absolute atomic E-state index is 12.3. The van der Waals surface area contributed by atoms with Gasteiger partial charge in [-0.05, 0) is 43.9 Å². The fraction of sp³-hybridized carbons (Fsp3) is 0.625. The molecule has 1 aromatic carbocycles. The Hall–Kier alpha value is -1.07. The van der Waals surface area contributed by atoms with E-state index in [1.54, 1.807) is 14.0 Å². The first-order valence-corrected chi connectivity index (χ1v) is 9.28. The Balaban J connectivity index is 2.16. The zero-order valence-electron chi connectivity index (χ0n) is 13.1. The van der Waals surface area contributed by atoms with Crippen molar-refractivity contribution in [1.29, 1.82) is 0 Å². The molecule has 0 radical (unpaired) electrons. The Morgan fingerprint density at radius 2 is 2.10 bits per heavy atom. The highest BCUT2D eigenvalue weighted by molar-refractivity contribution is 7.91. The van der Waals surface area contributed by atoms with E-state index in [4.69, 9.17) is 4.74 Å². The second-order valence-corrected chi connectivity index (χ2v) is 8.25. The normalized spacial score (nSPS) is 16.7. The molecule has 1 saturated carbocycles. The second-order valence-electron chi connectivity index (χ2n) is 5.83. The van der Waals surface area contributed by atoms with Crippen LogP contribution >= 0.6 is 0 Å². The molecule has 1 atom stereocenters. The summed E-state index contributed by atoms with van der Waals surface area (Å²) in [5.74, 6) is 0.694. The molecular formula is C16H25NO3S. The molecular weight excluding hydrogens is 286 g/mol. The lowest BCUT2D eigenvalue weighted by molar-refractivity contribution is 0.410. The summed E-state index contributed by atoms with van der Waals surface area (Å²) < 4.78 is 29.9. The van der Waals surface area contributed by atoms with Gasteiger partial charge in [-0.25, -0.2) is 8.42 Å². The lowest BCUT2D eigenvalue weighted by Gasteiger charge is -2.14. The predicted octanol–water partition coefficient (Wildman–Crippen LogP) is 2.66. The number of hydrogen-bond donors (Lipinski definition) is 1. The van der Waals surface area contributed by atoms with Gasteiger partial charge in [0.15, 0.2) is 9.84 Å². The fourth-order valence-electron chi connectivity index (χ4n) is 2.22. The van der Waals surface area contributed by atoms with E-state index in [2.05, 4.69) is 5.32 Å². The predicted molar refractivity (Wildman–Crippen MR) is 85.2 cm³/mol. The van der Waals surface area contributed by atoms with E-state index in [0.29, 0.717) is 18.2 Å². The van der Waals surface area contributed by atoms with Crippen LogP contribution in [0.4, 0.5) is 0 Å². The van der Waals surface area contributed by atoms with E-state index < -0.39 is 9.84 Å². The Morgan fingerprint density at radius 3 is 2.67 bits per heavy atom. The summed E-state index contributed by atoms with van der Waals surface area (Å²) in [4.78, 5) is 0. The molecule has 0 aliphatic heterocycles. The number of ether oxygens (including phenoxy) is 1. The van der Waals surface area contributed by atoms with Crippen LogP contribution in [0.1, 0.15) is 44.2 Å². The Bertz CT molecular complexity index is 579. The van der Waals surface area contributed by atoms with Gasteiger partial charge >= 0.3 is 0 Å². The number of benzene rings is 1. The van der Waals surface area contributed by atoms with Crippen LogP contribution < -0.4 is 10.1 Å². The summed E-state index contributed by atoms with van der Waals surface area (Å²) in [5.41, 5.74) is 1.87. The van der Waals surface area contributed by atoms with Crippen molar-refractivity contribution in [2.24, 2.45) is 0 Å². The number of sulfone groups is 1. The van der Waals surface area contributed by atoms with Gasteiger partial charge in [-0.1, -0.05) is 13.0 Å². The highest BCUT2D eigenvalue weighted by Crippen LogP contribution is 2.25.